The number of H-pyrrole nitrogens is 1. The molecule has 0 radical (unpaired) electrons. The Bertz CT molecular complexity index is 1440. The third kappa shape index (κ3) is 6.40. The van der Waals surface area contributed by atoms with Gasteiger partial charge in [-0.3, -0.25) is 19.1 Å². The number of nitrogens with one attached hydrogen (secondary N) is 2. The smallest absolute Gasteiger partial charge is 0.323 e. The van der Waals surface area contributed by atoms with Gasteiger partial charge in [0.05, 0.1) is 19.0 Å². The topological polar surface area (TPSA) is 176 Å². The lowest BCUT2D eigenvalue weighted by atomic mass is 10.1. The second-order valence-electron chi connectivity index (χ2n) is 8.96. The fourth-order valence-electron chi connectivity index (χ4n) is 3.73. The van der Waals surface area contributed by atoms with Gasteiger partial charge in [0.15, 0.2) is 17.4 Å². The van der Waals surface area contributed by atoms with Crippen molar-refractivity contribution in [1.82, 2.24) is 24.6 Å². The highest BCUT2D eigenvalue weighted by Gasteiger charge is 2.58. The minimum Gasteiger partial charge on any atom is -0.462 e. The molecule has 13 nitrogen and oxygen atoms in total. The van der Waals surface area contributed by atoms with Gasteiger partial charge in [-0.25, -0.2) is 14.5 Å². The van der Waals surface area contributed by atoms with Crippen LogP contribution in [0.5, 0.6) is 5.75 Å². The van der Waals surface area contributed by atoms with E-state index in [2.05, 4.69) is 20.0 Å². The zero-order valence-electron chi connectivity index (χ0n) is 21.0. The van der Waals surface area contributed by atoms with Crippen LogP contribution in [0.4, 0.5) is 10.3 Å². The molecule has 1 aromatic carbocycles. The van der Waals surface area contributed by atoms with E-state index in [4.69, 9.17) is 47.7 Å². The maximum atomic E-state index is 15.6. The minimum absolute atomic E-state index is 0.102. The molecule has 0 amide bonds. The predicted octanol–water partition coefficient (Wildman–Crippen LogP) is 2.11. The highest BCUT2D eigenvalue weighted by Crippen LogP contribution is 2.49. The number of aliphatic hydroxyl groups is 1. The molecular formula is C22H27ClFN6O7PS. The maximum Gasteiger partial charge on any atom is 0.323 e. The van der Waals surface area contributed by atoms with E-state index >= 15 is 4.39 Å². The number of aliphatic hydroxyl groups excluding tert-OH is 1. The van der Waals surface area contributed by atoms with Gasteiger partial charge in [0.2, 0.25) is 5.95 Å². The summed E-state index contributed by atoms with van der Waals surface area (Å²) in [6.07, 6.45) is -4.20. The third-order valence-electron chi connectivity index (χ3n) is 5.52. The Kier molecular flexibility index (Phi) is 8.61. The molecular weight excluding hydrogens is 578 g/mol. The van der Waals surface area contributed by atoms with Gasteiger partial charge in [0.1, 0.15) is 24.0 Å². The highest BCUT2D eigenvalue weighted by atomic mass is 35.5. The fourth-order valence-corrected chi connectivity index (χ4v) is 6.44. The minimum atomic E-state index is -3.52. The van der Waals surface area contributed by atoms with Gasteiger partial charge < -0.3 is 29.4 Å². The largest absolute Gasteiger partial charge is 0.462 e. The van der Waals surface area contributed by atoms with Crippen LogP contribution in [0.15, 0.2) is 41.5 Å². The monoisotopic (exact) mass is 604 g/mol. The summed E-state index contributed by atoms with van der Waals surface area (Å²) >= 11 is 11.7. The number of benzene rings is 1. The molecule has 1 unspecified atom stereocenters. The molecule has 5 N–H and O–H groups in total. The van der Waals surface area contributed by atoms with Crippen LogP contribution < -0.4 is 20.9 Å². The number of hydrogen-bond donors (Lipinski definition) is 4. The average Bonchev–Trinajstić information content (AvgIpc) is 3.36. The van der Waals surface area contributed by atoms with Gasteiger partial charge >= 0.3 is 12.6 Å². The predicted molar refractivity (Wildman–Crippen MR) is 143 cm³/mol. The second-order valence-corrected chi connectivity index (χ2v) is 12.7. The summed E-state index contributed by atoms with van der Waals surface area (Å²) in [4.78, 5) is 34.7. The van der Waals surface area contributed by atoms with Crippen LogP contribution in [-0.4, -0.2) is 66.7 Å². The maximum absolute atomic E-state index is 15.6. The molecule has 212 valence electrons. The SMILES string of the molecule is CC(C)OC(=O)[C@H](C)NP(=S)(OC[C@H]1O[C@@H](n2cnc3c(=O)[nH]c(N)nc32)[C@@](F)(Cl)[C@@H]1O)Oc1ccccc1. The molecule has 1 aliphatic heterocycles. The van der Waals surface area contributed by atoms with Crippen molar-refractivity contribution in [1.29, 1.82) is 0 Å². The average molecular weight is 605 g/mol. The van der Waals surface area contributed by atoms with Gasteiger partial charge in [-0.05, 0) is 44.7 Å². The van der Waals surface area contributed by atoms with Gasteiger partial charge in [-0.15, -0.1) is 0 Å². The van der Waals surface area contributed by atoms with E-state index in [1.54, 1.807) is 44.2 Å². The standard InChI is InChI=1S/C22H27ClFN6O7PS/c1-11(2)35-19(33)12(3)29-38(39,37-13-7-5-4-6-8-13)34-9-14-16(31)22(23,24)20(36-14)30-10-26-15-17(30)27-21(25)28-18(15)32/h4-8,10-12,14,16,20,31H,9H2,1-3H3,(H,29,39)(H3,25,27,28,32)/t12-,14+,16+,20+,22+,38?/m0/s1. The Morgan fingerprint density at radius 3 is 2.77 bits per heavy atom. The molecule has 0 aliphatic carbocycles. The van der Waals surface area contributed by atoms with Crippen molar-refractivity contribution in [2.24, 2.45) is 0 Å². The number of halogens is 2. The van der Waals surface area contributed by atoms with E-state index in [1.165, 1.54) is 6.92 Å². The van der Waals surface area contributed by atoms with Crippen LogP contribution in [0, 0.1) is 0 Å². The summed E-state index contributed by atoms with van der Waals surface area (Å²) in [6, 6.07) is 7.54. The van der Waals surface area contributed by atoms with Crippen molar-refractivity contribution >= 4 is 53.1 Å². The number of fused-ring (bicyclic) bond motifs is 1. The summed E-state index contributed by atoms with van der Waals surface area (Å²) in [6.45, 7) is 0.925. The summed E-state index contributed by atoms with van der Waals surface area (Å²) in [5.41, 5.74) is 4.73. The lowest BCUT2D eigenvalue weighted by Crippen LogP contribution is -2.40. The first-order chi connectivity index (χ1) is 18.3. The van der Waals surface area contributed by atoms with Crippen LogP contribution >= 0.6 is 18.2 Å². The molecule has 0 spiro atoms. The molecule has 4 rings (SSSR count). The van der Waals surface area contributed by atoms with E-state index in [0.29, 0.717) is 5.75 Å². The molecule has 3 aromatic rings. The molecule has 17 heteroatoms. The summed E-state index contributed by atoms with van der Waals surface area (Å²) in [7, 11) is 0. The molecule has 1 aliphatic rings. The number of hydrogen-bond acceptors (Lipinski definition) is 11. The molecule has 39 heavy (non-hydrogen) atoms. The Morgan fingerprint density at radius 1 is 1.41 bits per heavy atom. The lowest BCUT2D eigenvalue weighted by Gasteiger charge is -2.28. The van der Waals surface area contributed by atoms with Crippen molar-refractivity contribution in [2.75, 3.05) is 12.3 Å². The van der Waals surface area contributed by atoms with Crippen LogP contribution in [0.2, 0.25) is 0 Å². The third-order valence-corrected chi connectivity index (χ3v) is 8.43. The number of aromatic amines is 1. The second kappa shape index (κ2) is 11.5. The van der Waals surface area contributed by atoms with E-state index in [0.717, 1.165) is 10.9 Å². The van der Waals surface area contributed by atoms with E-state index < -0.39 is 54.4 Å². The number of ether oxygens (including phenoxy) is 2. The van der Waals surface area contributed by atoms with Crippen molar-refractivity contribution in [3.63, 3.8) is 0 Å². The van der Waals surface area contributed by atoms with Crippen molar-refractivity contribution in [3.05, 3.63) is 47.0 Å². The highest BCUT2D eigenvalue weighted by molar-refractivity contribution is 8.09. The van der Waals surface area contributed by atoms with Crippen molar-refractivity contribution in [2.45, 2.75) is 56.5 Å². The van der Waals surface area contributed by atoms with E-state index in [-0.39, 0.29) is 23.2 Å². The van der Waals surface area contributed by atoms with Gasteiger partial charge in [-0.1, -0.05) is 29.8 Å². The number of alkyl halides is 2. The van der Waals surface area contributed by atoms with E-state index in [9.17, 15) is 14.7 Å². The van der Waals surface area contributed by atoms with Gasteiger partial charge in [-0.2, -0.15) is 4.98 Å². The first-order valence-electron chi connectivity index (χ1n) is 11.7. The molecule has 0 bridgehead atoms. The van der Waals surface area contributed by atoms with Crippen LogP contribution in [0.3, 0.4) is 0 Å². The Morgan fingerprint density at radius 2 is 2.10 bits per heavy atom. The number of esters is 1. The van der Waals surface area contributed by atoms with Crippen molar-refractivity contribution in [3.8, 4) is 5.75 Å². The number of carbonyl (C=O) groups is 1. The summed E-state index contributed by atoms with van der Waals surface area (Å²) < 4.78 is 39.4. The Labute approximate surface area is 232 Å². The molecule has 1 fully saturated rings. The first kappa shape index (κ1) is 29.3. The molecule has 6 atom stereocenters. The fraction of sp³-hybridized carbons (Fsp3) is 0.455. The summed E-state index contributed by atoms with van der Waals surface area (Å²) in [5.74, 6) is -0.477. The quantitative estimate of drug-likeness (QED) is 0.151. The Balaban J connectivity index is 1.56. The van der Waals surface area contributed by atoms with Gasteiger partial charge in [0, 0.05) is 0 Å². The molecule has 2 aromatic heterocycles. The number of para-hydroxylation sites is 1. The molecule has 3 heterocycles. The normalized spacial score (nSPS) is 25.5. The van der Waals surface area contributed by atoms with Crippen LogP contribution in [0.25, 0.3) is 11.2 Å². The number of imidazole rings is 1. The number of nitrogens with two attached hydrogens (primary N) is 1. The van der Waals surface area contributed by atoms with Gasteiger partial charge in [0.25, 0.3) is 10.7 Å². The molecule has 0 saturated carbocycles. The number of anilines is 1. The Hall–Kier alpha value is -2.65. The van der Waals surface area contributed by atoms with Crippen LogP contribution in [-0.2, 0) is 30.6 Å². The zero-order valence-corrected chi connectivity index (χ0v) is 23.5. The number of carbonyl (C=O) groups excluding carboxylic acids is 1. The van der Waals surface area contributed by atoms with Crippen molar-refractivity contribution < 1.29 is 32.8 Å². The summed E-state index contributed by atoms with van der Waals surface area (Å²) in [5, 5.41) is 10.7. The zero-order chi connectivity index (χ0) is 28.5. The first-order valence-corrected chi connectivity index (χ1v) is 14.7. The number of nitrogen functional groups attached to an aromatic ring is 1. The number of nitrogens with zero attached hydrogens (tertiary/aromatic N) is 3. The lowest BCUT2D eigenvalue weighted by molar-refractivity contribution is -0.149. The van der Waals surface area contributed by atoms with E-state index in [1.807, 2.05) is 0 Å². The van der Waals surface area contributed by atoms with Crippen LogP contribution in [0.1, 0.15) is 27.0 Å². The number of aromatic nitrogens is 4. The molecule has 1 saturated heterocycles. The number of rotatable bonds is 10.